The summed E-state index contributed by atoms with van der Waals surface area (Å²) in [5.41, 5.74) is 7.52. The number of carbonyl (C=O) groups excluding carboxylic acids is 1. The van der Waals surface area contributed by atoms with E-state index in [1.807, 2.05) is 48.5 Å². The SMILES string of the molecule is COc1ccccc1O/C=C(/NNC(=O)c1ccncc1)c1ccccc1. The second-order valence-electron chi connectivity index (χ2n) is 5.48. The second kappa shape index (κ2) is 9.05. The quantitative estimate of drug-likeness (QED) is 0.498. The molecule has 2 N–H and O–H groups in total. The Morgan fingerprint density at radius 1 is 0.852 bits per heavy atom. The van der Waals surface area contributed by atoms with E-state index < -0.39 is 0 Å². The molecule has 3 rings (SSSR count). The number of para-hydroxylation sites is 2. The van der Waals surface area contributed by atoms with Gasteiger partial charge in [-0.3, -0.25) is 20.6 Å². The molecule has 3 aromatic rings. The normalized spacial score (nSPS) is 10.8. The van der Waals surface area contributed by atoms with Gasteiger partial charge in [-0.2, -0.15) is 0 Å². The van der Waals surface area contributed by atoms with Crippen LogP contribution in [0.15, 0.2) is 85.4 Å². The molecule has 0 aliphatic heterocycles. The minimum Gasteiger partial charge on any atom is -0.493 e. The van der Waals surface area contributed by atoms with Crippen molar-refractivity contribution < 1.29 is 14.3 Å². The summed E-state index contributed by atoms with van der Waals surface area (Å²) in [5, 5.41) is 0. The zero-order valence-corrected chi connectivity index (χ0v) is 14.8. The van der Waals surface area contributed by atoms with Gasteiger partial charge in [0.05, 0.1) is 12.8 Å². The van der Waals surface area contributed by atoms with E-state index in [4.69, 9.17) is 9.47 Å². The van der Waals surface area contributed by atoms with Crippen molar-refractivity contribution in [2.45, 2.75) is 0 Å². The lowest BCUT2D eigenvalue weighted by molar-refractivity contribution is 0.0942. The Bertz CT molecular complexity index is 912. The maximum Gasteiger partial charge on any atom is 0.269 e. The molecule has 1 aromatic heterocycles. The summed E-state index contributed by atoms with van der Waals surface area (Å²) in [4.78, 5) is 16.2. The van der Waals surface area contributed by atoms with Crippen molar-refractivity contribution in [1.82, 2.24) is 15.8 Å². The Morgan fingerprint density at radius 2 is 1.52 bits per heavy atom. The number of hydrogen-bond donors (Lipinski definition) is 2. The Kier molecular flexibility index (Phi) is 6.04. The van der Waals surface area contributed by atoms with Gasteiger partial charge in [0.1, 0.15) is 6.26 Å². The van der Waals surface area contributed by atoms with E-state index in [-0.39, 0.29) is 5.91 Å². The molecule has 136 valence electrons. The number of nitrogens with zero attached hydrogens (tertiary/aromatic N) is 1. The maximum atomic E-state index is 12.3. The van der Waals surface area contributed by atoms with Gasteiger partial charge < -0.3 is 9.47 Å². The van der Waals surface area contributed by atoms with E-state index in [0.29, 0.717) is 22.8 Å². The first kappa shape index (κ1) is 18.0. The van der Waals surface area contributed by atoms with Crippen LogP contribution in [0.4, 0.5) is 0 Å². The number of hydrazine groups is 1. The molecule has 0 unspecified atom stereocenters. The summed E-state index contributed by atoms with van der Waals surface area (Å²) in [6.07, 6.45) is 4.65. The number of ether oxygens (including phenoxy) is 2. The number of nitrogens with one attached hydrogen (secondary N) is 2. The molecule has 0 bridgehead atoms. The molecule has 0 fully saturated rings. The molecule has 0 saturated carbocycles. The molecule has 0 saturated heterocycles. The third kappa shape index (κ3) is 4.85. The average molecular weight is 361 g/mol. The molecule has 0 atom stereocenters. The zero-order valence-electron chi connectivity index (χ0n) is 14.8. The van der Waals surface area contributed by atoms with Crippen LogP contribution in [-0.4, -0.2) is 18.0 Å². The molecule has 27 heavy (non-hydrogen) atoms. The van der Waals surface area contributed by atoms with Crippen molar-refractivity contribution >= 4 is 11.6 Å². The van der Waals surface area contributed by atoms with Crippen LogP contribution in [0.5, 0.6) is 11.5 Å². The van der Waals surface area contributed by atoms with Crippen molar-refractivity contribution in [1.29, 1.82) is 0 Å². The van der Waals surface area contributed by atoms with E-state index in [0.717, 1.165) is 5.56 Å². The first-order valence-corrected chi connectivity index (χ1v) is 8.29. The number of hydrogen-bond acceptors (Lipinski definition) is 5. The van der Waals surface area contributed by atoms with Crippen molar-refractivity contribution in [2.75, 3.05) is 7.11 Å². The van der Waals surface area contributed by atoms with Crippen LogP contribution in [0, 0.1) is 0 Å². The van der Waals surface area contributed by atoms with Crippen molar-refractivity contribution in [3.63, 3.8) is 0 Å². The molecule has 1 amide bonds. The summed E-state index contributed by atoms with van der Waals surface area (Å²) >= 11 is 0. The molecule has 1 heterocycles. The number of amides is 1. The number of aromatic nitrogens is 1. The standard InChI is InChI=1S/C21H19N3O3/c1-26-19-9-5-6-10-20(19)27-15-18(16-7-3-2-4-8-16)23-24-21(25)17-11-13-22-14-12-17/h2-15,23H,1H3,(H,24,25)/b18-15+. The highest BCUT2D eigenvalue weighted by Gasteiger charge is 2.08. The number of carbonyl (C=O) groups is 1. The Hall–Kier alpha value is -3.80. The fourth-order valence-electron chi connectivity index (χ4n) is 2.33. The minimum absolute atomic E-state index is 0.281. The van der Waals surface area contributed by atoms with Crippen molar-refractivity contribution in [3.05, 3.63) is 96.5 Å². The fourth-order valence-corrected chi connectivity index (χ4v) is 2.33. The Labute approximate surface area is 157 Å². The second-order valence-corrected chi connectivity index (χ2v) is 5.48. The van der Waals surface area contributed by atoms with Crippen LogP contribution in [0.25, 0.3) is 5.70 Å². The molecule has 6 heteroatoms. The topological polar surface area (TPSA) is 72.5 Å². The predicted molar refractivity (Wildman–Crippen MR) is 103 cm³/mol. The molecular weight excluding hydrogens is 342 g/mol. The highest BCUT2D eigenvalue weighted by molar-refractivity contribution is 5.94. The largest absolute Gasteiger partial charge is 0.493 e. The van der Waals surface area contributed by atoms with Crippen molar-refractivity contribution in [2.24, 2.45) is 0 Å². The minimum atomic E-state index is -0.281. The third-order valence-corrected chi connectivity index (χ3v) is 3.71. The first-order chi connectivity index (χ1) is 13.3. The molecular formula is C21H19N3O3. The van der Waals surface area contributed by atoms with Crippen molar-refractivity contribution in [3.8, 4) is 11.5 Å². The Morgan fingerprint density at radius 3 is 2.22 bits per heavy atom. The fraction of sp³-hybridized carbons (Fsp3) is 0.0476. The lowest BCUT2D eigenvalue weighted by Gasteiger charge is -2.13. The van der Waals surface area contributed by atoms with Crippen LogP contribution in [0.1, 0.15) is 15.9 Å². The number of rotatable bonds is 7. The molecule has 0 spiro atoms. The predicted octanol–water partition coefficient (Wildman–Crippen LogP) is 3.40. The van der Waals surface area contributed by atoms with E-state index >= 15 is 0 Å². The summed E-state index contributed by atoms with van der Waals surface area (Å²) < 4.78 is 11.1. The number of benzene rings is 2. The monoisotopic (exact) mass is 361 g/mol. The highest BCUT2D eigenvalue weighted by Crippen LogP contribution is 2.26. The third-order valence-electron chi connectivity index (χ3n) is 3.71. The molecule has 0 aliphatic rings. The van der Waals surface area contributed by atoms with E-state index in [1.54, 1.807) is 37.7 Å². The first-order valence-electron chi connectivity index (χ1n) is 8.29. The van der Waals surface area contributed by atoms with Gasteiger partial charge in [-0.15, -0.1) is 0 Å². The van der Waals surface area contributed by atoms with E-state index in [1.165, 1.54) is 6.26 Å². The molecule has 0 aliphatic carbocycles. The van der Waals surface area contributed by atoms with Crippen LogP contribution in [-0.2, 0) is 0 Å². The lowest BCUT2D eigenvalue weighted by Crippen LogP contribution is -2.36. The van der Waals surface area contributed by atoms with Crippen LogP contribution < -0.4 is 20.3 Å². The van der Waals surface area contributed by atoms with Gasteiger partial charge in [0.2, 0.25) is 0 Å². The summed E-state index contributed by atoms with van der Waals surface area (Å²) in [6.45, 7) is 0. The van der Waals surface area contributed by atoms with Gasteiger partial charge in [-0.05, 0) is 24.3 Å². The Balaban J connectivity index is 1.78. The maximum absolute atomic E-state index is 12.3. The van der Waals surface area contributed by atoms with Gasteiger partial charge in [-0.1, -0.05) is 42.5 Å². The van der Waals surface area contributed by atoms with Gasteiger partial charge in [-0.25, -0.2) is 0 Å². The number of pyridine rings is 1. The average Bonchev–Trinajstić information content (AvgIpc) is 2.75. The smallest absolute Gasteiger partial charge is 0.269 e. The molecule has 2 aromatic carbocycles. The van der Waals surface area contributed by atoms with E-state index in [9.17, 15) is 4.79 Å². The highest BCUT2D eigenvalue weighted by atomic mass is 16.5. The van der Waals surface area contributed by atoms with Gasteiger partial charge in [0.15, 0.2) is 11.5 Å². The summed E-state index contributed by atoms with van der Waals surface area (Å²) in [5.74, 6) is 0.897. The van der Waals surface area contributed by atoms with Crippen LogP contribution in [0.3, 0.4) is 0 Å². The van der Waals surface area contributed by atoms with Gasteiger partial charge in [0, 0.05) is 23.5 Å². The van der Waals surface area contributed by atoms with Gasteiger partial charge in [0.25, 0.3) is 5.91 Å². The summed E-state index contributed by atoms with van der Waals surface area (Å²) in [6, 6.07) is 20.1. The number of methoxy groups -OCH3 is 1. The summed E-state index contributed by atoms with van der Waals surface area (Å²) in [7, 11) is 1.58. The van der Waals surface area contributed by atoms with Crippen LogP contribution in [0.2, 0.25) is 0 Å². The molecule has 0 radical (unpaired) electrons. The molecule has 6 nitrogen and oxygen atoms in total. The van der Waals surface area contributed by atoms with Gasteiger partial charge >= 0.3 is 0 Å². The van der Waals surface area contributed by atoms with E-state index in [2.05, 4.69) is 15.8 Å². The van der Waals surface area contributed by atoms with Crippen LogP contribution >= 0.6 is 0 Å². The zero-order chi connectivity index (χ0) is 18.9. The lowest BCUT2D eigenvalue weighted by atomic mass is 10.2.